The zero-order valence-corrected chi connectivity index (χ0v) is 22.3. The Kier molecular flexibility index (Phi) is 9.15. The van der Waals surface area contributed by atoms with E-state index in [4.69, 9.17) is 9.47 Å². The number of benzene rings is 2. The van der Waals surface area contributed by atoms with E-state index in [0.717, 1.165) is 60.7 Å². The van der Waals surface area contributed by atoms with Crippen LogP contribution in [0.25, 0.3) is 12.2 Å². The summed E-state index contributed by atoms with van der Waals surface area (Å²) in [6.07, 6.45) is -6.99. The molecular formula is C29H30F6O4. The molecule has 0 unspecified atom stereocenters. The van der Waals surface area contributed by atoms with Crippen LogP contribution in [0.2, 0.25) is 0 Å². The Hall–Kier alpha value is -3.56. The van der Waals surface area contributed by atoms with Crippen LogP contribution in [0.15, 0.2) is 60.7 Å². The molecule has 0 aliphatic carbocycles. The molecule has 0 saturated heterocycles. The molecule has 212 valence electrons. The minimum absolute atomic E-state index is 0.200. The summed E-state index contributed by atoms with van der Waals surface area (Å²) in [4.78, 5) is 23.7. The van der Waals surface area contributed by atoms with Crippen molar-refractivity contribution in [2.24, 2.45) is 0 Å². The number of halogens is 6. The van der Waals surface area contributed by atoms with E-state index in [1.165, 1.54) is 12.2 Å². The molecule has 0 bridgehead atoms. The van der Waals surface area contributed by atoms with Crippen molar-refractivity contribution in [1.82, 2.24) is 0 Å². The highest BCUT2D eigenvalue weighted by atomic mass is 19.4. The second-order valence-electron chi connectivity index (χ2n) is 10.7. The monoisotopic (exact) mass is 556 g/mol. The van der Waals surface area contributed by atoms with Crippen molar-refractivity contribution < 1.29 is 45.4 Å². The lowest BCUT2D eigenvalue weighted by atomic mass is 9.72. The summed E-state index contributed by atoms with van der Waals surface area (Å²) in [5.41, 5.74) is -7.57. The molecule has 0 aliphatic rings. The fourth-order valence-electron chi connectivity index (χ4n) is 3.67. The van der Waals surface area contributed by atoms with Gasteiger partial charge in [0.05, 0.1) is 0 Å². The number of carbonyl (C=O) groups is 2. The lowest BCUT2D eigenvalue weighted by Crippen LogP contribution is -2.54. The number of alkyl halides is 6. The van der Waals surface area contributed by atoms with Gasteiger partial charge in [-0.2, -0.15) is 26.3 Å². The van der Waals surface area contributed by atoms with Crippen molar-refractivity contribution in [2.45, 2.75) is 70.5 Å². The molecule has 0 N–H and O–H groups in total. The summed E-state index contributed by atoms with van der Waals surface area (Å²) >= 11 is 0. The van der Waals surface area contributed by atoms with Crippen molar-refractivity contribution in [1.29, 1.82) is 0 Å². The normalized spacial score (nSPS) is 13.6. The molecule has 0 saturated carbocycles. The number of hydrogen-bond acceptors (Lipinski definition) is 4. The Labute approximate surface area is 223 Å². The fraction of sp³-hybridized carbons (Fsp3) is 0.379. The smallest absolute Gasteiger partial charge is 0.411 e. The van der Waals surface area contributed by atoms with E-state index < -0.39 is 52.0 Å². The second kappa shape index (κ2) is 11.3. The average molecular weight is 557 g/mol. The summed E-state index contributed by atoms with van der Waals surface area (Å²) in [5, 5.41) is 0. The minimum atomic E-state index is -5.76. The molecule has 2 aromatic carbocycles. The van der Waals surface area contributed by atoms with Gasteiger partial charge in [-0.3, -0.25) is 0 Å². The molecular weight excluding hydrogens is 526 g/mol. The van der Waals surface area contributed by atoms with Crippen LogP contribution >= 0.6 is 0 Å². The van der Waals surface area contributed by atoms with E-state index in [1.54, 1.807) is 41.5 Å². The molecule has 0 aliphatic heterocycles. The van der Waals surface area contributed by atoms with Crippen LogP contribution in [0.3, 0.4) is 0 Å². The van der Waals surface area contributed by atoms with Crippen molar-refractivity contribution in [3.8, 4) is 0 Å². The minimum Gasteiger partial charge on any atom is -0.457 e. The van der Waals surface area contributed by atoms with Crippen LogP contribution < -0.4 is 0 Å². The van der Waals surface area contributed by atoms with Gasteiger partial charge in [-0.25, -0.2) is 9.59 Å². The third-order valence-electron chi connectivity index (χ3n) is 5.18. The van der Waals surface area contributed by atoms with E-state index in [1.807, 2.05) is 0 Å². The van der Waals surface area contributed by atoms with Gasteiger partial charge in [-0.05, 0) is 75.9 Å². The summed E-state index contributed by atoms with van der Waals surface area (Å²) in [5.74, 6) is -1.43. The van der Waals surface area contributed by atoms with E-state index >= 15 is 0 Å². The first-order valence-electron chi connectivity index (χ1n) is 11.8. The Morgan fingerprint density at radius 2 is 0.846 bits per heavy atom. The summed E-state index contributed by atoms with van der Waals surface area (Å²) in [7, 11) is 0. The van der Waals surface area contributed by atoms with Gasteiger partial charge in [0.2, 0.25) is 5.41 Å². The van der Waals surface area contributed by atoms with E-state index in [-0.39, 0.29) is 11.1 Å². The van der Waals surface area contributed by atoms with Crippen LogP contribution in [0, 0.1) is 0 Å². The molecule has 0 heterocycles. The summed E-state index contributed by atoms with van der Waals surface area (Å²) < 4.78 is 96.6. The molecule has 10 heteroatoms. The molecule has 39 heavy (non-hydrogen) atoms. The molecule has 0 aromatic heterocycles. The van der Waals surface area contributed by atoms with Gasteiger partial charge in [0.15, 0.2) is 0 Å². The van der Waals surface area contributed by atoms with E-state index in [2.05, 4.69) is 0 Å². The quantitative estimate of drug-likeness (QED) is 0.207. The first kappa shape index (κ1) is 31.7. The van der Waals surface area contributed by atoms with Gasteiger partial charge in [-0.15, -0.1) is 0 Å². The van der Waals surface area contributed by atoms with Crippen LogP contribution in [0.1, 0.15) is 63.8 Å². The maximum absolute atomic E-state index is 14.4. The first-order valence-corrected chi connectivity index (χ1v) is 11.8. The number of ether oxygens (including phenoxy) is 2. The van der Waals surface area contributed by atoms with Gasteiger partial charge in [0.25, 0.3) is 0 Å². The third kappa shape index (κ3) is 8.21. The maximum Gasteiger partial charge on any atom is 0.411 e. The number of hydrogen-bond donors (Lipinski definition) is 0. The highest BCUT2D eigenvalue weighted by molar-refractivity contribution is 5.88. The van der Waals surface area contributed by atoms with Crippen LogP contribution in [0.5, 0.6) is 0 Å². The molecule has 2 aromatic rings. The number of rotatable bonds is 6. The Morgan fingerprint density at radius 1 is 0.564 bits per heavy atom. The molecule has 0 atom stereocenters. The second-order valence-corrected chi connectivity index (χ2v) is 10.7. The zero-order valence-electron chi connectivity index (χ0n) is 22.3. The standard InChI is InChI=1S/C29H30F6O4/c1-25(2,3)38-23(36)17-11-19-7-13-21(14-8-19)27(28(30,31)32,29(33,34)35)22-15-9-20(10-16-22)12-18-24(37)39-26(4,5)6/h7-18H,1-6H3/b17-11+,18-12+. The third-order valence-corrected chi connectivity index (χ3v) is 5.18. The van der Waals surface area contributed by atoms with Crippen molar-refractivity contribution in [3.63, 3.8) is 0 Å². The molecule has 2 rings (SSSR count). The van der Waals surface area contributed by atoms with Gasteiger partial charge >= 0.3 is 24.3 Å². The molecule has 0 spiro atoms. The van der Waals surface area contributed by atoms with Crippen LogP contribution in [-0.4, -0.2) is 35.5 Å². The molecule has 4 nitrogen and oxygen atoms in total. The highest BCUT2D eigenvalue weighted by Gasteiger charge is 2.72. The SMILES string of the molecule is CC(C)(C)OC(=O)/C=C/c1ccc(C(c2ccc(/C=C/C(=O)OC(C)(C)C)cc2)(C(F)(F)F)C(F)(F)F)cc1. The number of carbonyl (C=O) groups excluding carboxylic acids is 2. The predicted molar refractivity (Wildman–Crippen MR) is 136 cm³/mol. The predicted octanol–water partition coefficient (Wildman–Crippen LogP) is 7.81. The Balaban J connectivity index is 2.49. The highest BCUT2D eigenvalue weighted by Crippen LogP contribution is 2.56. The van der Waals surface area contributed by atoms with Crippen molar-refractivity contribution in [3.05, 3.63) is 82.9 Å². The topological polar surface area (TPSA) is 52.6 Å². The maximum atomic E-state index is 14.4. The largest absolute Gasteiger partial charge is 0.457 e. The summed E-state index contributed by atoms with van der Waals surface area (Å²) in [6.45, 7) is 9.86. The molecule has 0 amide bonds. The van der Waals surface area contributed by atoms with E-state index in [0.29, 0.717) is 0 Å². The van der Waals surface area contributed by atoms with E-state index in [9.17, 15) is 35.9 Å². The van der Waals surface area contributed by atoms with Crippen LogP contribution in [0.4, 0.5) is 26.3 Å². The van der Waals surface area contributed by atoms with Crippen molar-refractivity contribution >= 4 is 24.1 Å². The van der Waals surface area contributed by atoms with Crippen molar-refractivity contribution in [2.75, 3.05) is 0 Å². The lowest BCUT2D eigenvalue weighted by Gasteiger charge is -2.38. The van der Waals surface area contributed by atoms with Gasteiger partial charge in [-0.1, -0.05) is 48.5 Å². The van der Waals surface area contributed by atoms with Crippen LogP contribution in [-0.2, 0) is 24.5 Å². The van der Waals surface area contributed by atoms with Gasteiger partial charge < -0.3 is 9.47 Å². The van der Waals surface area contributed by atoms with Gasteiger partial charge in [0.1, 0.15) is 11.2 Å². The lowest BCUT2D eigenvalue weighted by molar-refractivity contribution is -0.288. The Morgan fingerprint density at radius 3 is 1.08 bits per heavy atom. The average Bonchev–Trinajstić information content (AvgIpc) is 2.74. The number of esters is 2. The van der Waals surface area contributed by atoms with Gasteiger partial charge in [0, 0.05) is 12.2 Å². The first-order chi connectivity index (χ1) is 17.7. The molecule has 0 fully saturated rings. The zero-order chi connectivity index (χ0) is 29.9. The molecule has 0 radical (unpaired) electrons. The Bertz CT molecular complexity index is 1110. The summed E-state index contributed by atoms with van der Waals surface area (Å²) in [6, 6.07) is 7.14. The fourth-order valence-corrected chi connectivity index (χ4v) is 3.67.